The number of aliphatic carboxylic acids is 1. The summed E-state index contributed by atoms with van der Waals surface area (Å²) < 4.78 is 0. The molecular formula is C7H7NO2S. The van der Waals surface area contributed by atoms with Gasteiger partial charge in [-0.25, -0.2) is 4.79 Å². The van der Waals surface area contributed by atoms with E-state index in [1.807, 2.05) is 0 Å². The molecule has 0 fully saturated rings. The molecule has 58 valence electrons. The van der Waals surface area contributed by atoms with E-state index in [0.717, 1.165) is 0 Å². The molecule has 0 saturated heterocycles. The van der Waals surface area contributed by atoms with Crippen LogP contribution >= 0.6 is 12.2 Å². The van der Waals surface area contributed by atoms with Crippen molar-refractivity contribution in [3.05, 3.63) is 23.4 Å². The first-order valence-electron chi connectivity index (χ1n) is 3.05. The van der Waals surface area contributed by atoms with Crippen molar-refractivity contribution < 1.29 is 9.90 Å². The Hall–Kier alpha value is -1.16. The van der Waals surface area contributed by atoms with Crippen LogP contribution in [0.1, 0.15) is 6.42 Å². The summed E-state index contributed by atoms with van der Waals surface area (Å²) in [6.45, 7) is 0. The van der Waals surface area contributed by atoms with Crippen molar-refractivity contribution in [2.75, 3.05) is 0 Å². The second kappa shape index (κ2) is 2.84. The van der Waals surface area contributed by atoms with Crippen molar-refractivity contribution in [3.63, 3.8) is 0 Å². The standard InChI is InChI=1S/C7H7NO2S/c8-5-3-4(7(9)10)1-2-6(5)11/h1,3H,2,8H2,(H,9,10). The van der Waals surface area contributed by atoms with Crippen LogP contribution in [0.15, 0.2) is 23.4 Å². The van der Waals surface area contributed by atoms with E-state index in [4.69, 9.17) is 23.1 Å². The SMILES string of the molecule is NC1=CC(C(=O)O)=CCC1=S. The fourth-order valence-electron chi connectivity index (χ4n) is 0.777. The van der Waals surface area contributed by atoms with E-state index in [2.05, 4.69) is 0 Å². The maximum absolute atomic E-state index is 10.4. The topological polar surface area (TPSA) is 63.3 Å². The molecule has 0 aromatic heterocycles. The van der Waals surface area contributed by atoms with Crippen LogP contribution in [0.4, 0.5) is 0 Å². The predicted molar refractivity (Wildman–Crippen MR) is 45.2 cm³/mol. The highest BCUT2D eigenvalue weighted by Gasteiger charge is 2.11. The van der Waals surface area contributed by atoms with Crippen molar-refractivity contribution in [1.29, 1.82) is 0 Å². The van der Waals surface area contributed by atoms with Gasteiger partial charge in [-0.3, -0.25) is 0 Å². The van der Waals surface area contributed by atoms with Gasteiger partial charge in [0.1, 0.15) is 0 Å². The zero-order valence-corrected chi connectivity index (χ0v) is 6.52. The molecule has 3 nitrogen and oxygen atoms in total. The first-order chi connectivity index (χ1) is 5.11. The maximum Gasteiger partial charge on any atom is 0.335 e. The molecule has 0 atom stereocenters. The normalized spacial score (nSPS) is 17.3. The minimum atomic E-state index is -0.963. The summed E-state index contributed by atoms with van der Waals surface area (Å²) in [4.78, 5) is 11.0. The molecule has 0 aromatic carbocycles. The smallest absolute Gasteiger partial charge is 0.335 e. The third kappa shape index (κ3) is 1.65. The van der Waals surface area contributed by atoms with Gasteiger partial charge in [-0.1, -0.05) is 18.3 Å². The number of thiocarbonyl (C=S) groups is 1. The number of nitrogens with two attached hydrogens (primary N) is 1. The largest absolute Gasteiger partial charge is 0.478 e. The highest BCUT2D eigenvalue weighted by atomic mass is 32.1. The van der Waals surface area contributed by atoms with E-state index in [0.29, 0.717) is 17.0 Å². The van der Waals surface area contributed by atoms with E-state index >= 15 is 0 Å². The Morgan fingerprint density at radius 3 is 2.82 bits per heavy atom. The van der Waals surface area contributed by atoms with Gasteiger partial charge in [0, 0.05) is 17.0 Å². The van der Waals surface area contributed by atoms with Gasteiger partial charge in [-0.05, 0) is 6.08 Å². The zero-order chi connectivity index (χ0) is 8.43. The van der Waals surface area contributed by atoms with Crippen molar-refractivity contribution in [2.24, 2.45) is 5.73 Å². The average molecular weight is 169 g/mol. The van der Waals surface area contributed by atoms with Gasteiger partial charge in [-0.2, -0.15) is 0 Å². The Bertz CT molecular complexity index is 278. The van der Waals surface area contributed by atoms with Crippen LogP contribution in [0, 0.1) is 0 Å². The van der Waals surface area contributed by atoms with E-state index in [1.165, 1.54) is 6.08 Å². The number of carbonyl (C=O) groups is 1. The summed E-state index contributed by atoms with van der Waals surface area (Å²) in [6, 6.07) is 0. The predicted octanol–water partition coefficient (Wildman–Crippen LogP) is 0.614. The van der Waals surface area contributed by atoms with Crippen LogP contribution in [0.3, 0.4) is 0 Å². The first-order valence-corrected chi connectivity index (χ1v) is 3.46. The number of allylic oxidation sites excluding steroid dienone is 2. The van der Waals surface area contributed by atoms with Crippen LogP contribution in [0.5, 0.6) is 0 Å². The quantitative estimate of drug-likeness (QED) is 0.565. The minimum absolute atomic E-state index is 0.219. The summed E-state index contributed by atoms with van der Waals surface area (Å²) in [5.74, 6) is -0.963. The molecule has 3 N–H and O–H groups in total. The fraction of sp³-hybridized carbons (Fsp3) is 0.143. The molecule has 0 heterocycles. The number of carboxylic acids is 1. The number of carboxylic acid groups (broad SMARTS) is 1. The molecule has 0 unspecified atom stereocenters. The third-order valence-electron chi connectivity index (χ3n) is 1.39. The lowest BCUT2D eigenvalue weighted by atomic mass is 10.0. The molecular weight excluding hydrogens is 162 g/mol. The molecule has 1 rings (SSSR count). The van der Waals surface area contributed by atoms with Gasteiger partial charge in [0.2, 0.25) is 0 Å². The summed E-state index contributed by atoms with van der Waals surface area (Å²) in [7, 11) is 0. The maximum atomic E-state index is 10.4. The molecule has 0 aliphatic heterocycles. The van der Waals surface area contributed by atoms with E-state index in [-0.39, 0.29) is 5.57 Å². The van der Waals surface area contributed by atoms with Crippen LogP contribution in [-0.2, 0) is 4.79 Å². The van der Waals surface area contributed by atoms with Gasteiger partial charge in [0.25, 0.3) is 0 Å². The summed E-state index contributed by atoms with van der Waals surface area (Å²) in [5.41, 5.74) is 6.03. The van der Waals surface area contributed by atoms with Crippen LogP contribution < -0.4 is 5.73 Å². The lowest BCUT2D eigenvalue weighted by Crippen LogP contribution is -2.14. The lowest BCUT2D eigenvalue weighted by Gasteiger charge is -2.07. The zero-order valence-electron chi connectivity index (χ0n) is 5.70. The van der Waals surface area contributed by atoms with E-state index in [1.54, 1.807) is 6.08 Å². The second-order valence-corrected chi connectivity index (χ2v) is 2.68. The molecule has 0 saturated carbocycles. The van der Waals surface area contributed by atoms with Crippen molar-refractivity contribution >= 4 is 23.1 Å². The van der Waals surface area contributed by atoms with Crippen LogP contribution in [0.25, 0.3) is 0 Å². The number of hydrogen-bond donors (Lipinski definition) is 2. The van der Waals surface area contributed by atoms with Gasteiger partial charge < -0.3 is 10.8 Å². The van der Waals surface area contributed by atoms with E-state index < -0.39 is 5.97 Å². The molecule has 0 amide bonds. The van der Waals surface area contributed by atoms with Crippen LogP contribution in [-0.4, -0.2) is 15.9 Å². The molecule has 4 heteroatoms. The third-order valence-corrected chi connectivity index (χ3v) is 1.79. The van der Waals surface area contributed by atoms with Gasteiger partial charge in [0.15, 0.2) is 0 Å². The number of hydrogen-bond acceptors (Lipinski definition) is 3. The minimum Gasteiger partial charge on any atom is -0.478 e. The van der Waals surface area contributed by atoms with Crippen molar-refractivity contribution in [1.82, 2.24) is 0 Å². The summed E-state index contributed by atoms with van der Waals surface area (Å²) in [5, 5.41) is 8.53. The second-order valence-electron chi connectivity index (χ2n) is 2.19. The lowest BCUT2D eigenvalue weighted by molar-refractivity contribution is -0.132. The Balaban J connectivity index is 2.91. The molecule has 0 aromatic rings. The van der Waals surface area contributed by atoms with Crippen molar-refractivity contribution in [2.45, 2.75) is 6.42 Å². The van der Waals surface area contributed by atoms with Crippen LogP contribution in [0.2, 0.25) is 0 Å². The molecule has 0 bridgehead atoms. The Morgan fingerprint density at radius 2 is 2.36 bits per heavy atom. The fourth-order valence-corrected chi connectivity index (χ4v) is 0.919. The van der Waals surface area contributed by atoms with E-state index in [9.17, 15) is 4.79 Å². The van der Waals surface area contributed by atoms with Gasteiger partial charge in [-0.15, -0.1) is 0 Å². The molecule has 1 aliphatic rings. The molecule has 0 radical (unpaired) electrons. The highest BCUT2D eigenvalue weighted by molar-refractivity contribution is 7.80. The molecule has 11 heavy (non-hydrogen) atoms. The number of rotatable bonds is 1. The molecule has 1 aliphatic carbocycles. The Morgan fingerprint density at radius 1 is 1.73 bits per heavy atom. The van der Waals surface area contributed by atoms with Gasteiger partial charge >= 0.3 is 5.97 Å². The van der Waals surface area contributed by atoms with Gasteiger partial charge in [0.05, 0.1) is 5.57 Å². The van der Waals surface area contributed by atoms with Crippen molar-refractivity contribution in [3.8, 4) is 0 Å². The molecule has 0 spiro atoms. The Labute approximate surface area is 69.2 Å². The highest BCUT2D eigenvalue weighted by Crippen LogP contribution is 2.11. The Kier molecular flexibility index (Phi) is 2.05. The summed E-state index contributed by atoms with van der Waals surface area (Å²) >= 11 is 4.84. The monoisotopic (exact) mass is 169 g/mol. The average Bonchev–Trinajstić information content (AvgIpc) is 1.94. The first kappa shape index (κ1) is 7.94. The summed E-state index contributed by atoms with van der Waals surface area (Å²) in [6.07, 6.45) is 3.40.